The van der Waals surface area contributed by atoms with Crippen molar-refractivity contribution in [3.05, 3.63) is 0 Å². The minimum Gasteiger partial charge on any atom is -0.481 e. The van der Waals surface area contributed by atoms with Crippen LogP contribution in [-0.4, -0.2) is 61.3 Å². The van der Waals surface area contributed by atoms with Crippen molar-refractivity contribution in [3.8, 4) is 0 Å². The first-order valence-electron chi connectivity index (χ1n) is 6.49. The number of carbonyl (C=O) groups excluding carboxylic acids is 1. The molecular weight excluding hydrogens is 236 g/mol. The summed E-state index contributed by atoms with van der Waals surface area (Å²) >= 11 is 0. The number of carbonyl (C=O) groups is 2. The fraction of sp³-hybridized carbons (Fsp3) is 0.833. The molecule has 1 saturated heterocycles. The molecule has 2 N–H and O–H groups in total. The first kappa shape index (κ1) is 13.3. The molecule has 18 heavy (non-hydrogen) atoms. The summed E-state index contributed by atoms with van der Waals surface area (Å²) in [4.78, 5) is 24.5. The Bertz CT molecular complexity index is 315. The third-order valence-corrected chi connectivity index (χ3v) is 3.50. The Balaban J connectivity index is 1.53. The number of amides is 1. The Morgan fingerprint density at radius 1 is 1.28 bits per heavy atom. The number of aliphatic carboxylic acids is 1. The fourth-order valence-electron chi connectivity index (χ4n) is 2.23. The molecule has 0 aromatic heterocycles. The molecule has 0 aromatic carbocycles. The second-order valence-corrected chi connectivity index (χ2v) is 4.89. The molecule has 6 heteroatoms. The lowest BCUT2D eigenvalue weighted by molar-refractivity contribution is -0.140. The average Bonchev–Trinajstić information content (AvgIpc) is 3.16. The summed E-state index contributed by atoms with van der Waals surface area (Å²) in [5.41, 5.74) is 0. The number of carboxylic acids is 1. The van der Waals surface area contributed by atoms with E-state index >= 15 is 0 Å². The molecule has 0 radical (unpaired) electrons. The molecule has 1 aliphatic carbocycles. The van der Waals surface area contributed by atoms with Crippen molar-refractivity contribution >= 4 is 11.9 Å². The number of hydrogen-bond acceptors (Lipinski definition) is 4. The lowest BCUT2D eigenvalue weighted by Gasteiger charge is -2.26. The van der Waals surface area contributed by atoms with Gasteiger partial charge in [0.05, 0.1) is 25.0 Å². The number of morpholine rings is 1. The fourth-order valence-corrected chi connectivity index (χ4v) is 2.23. The Kier molecular flexibility index (Phi) is 4.54. The van der Waals surface area contributed by atoms with Crippen LogP contribution in [0.1, 0.15) is 12.8 Å². The summed E-state index contributed by atoms with van der Waals surface area (Å²) in [6, 6.07) is 0. The van der Waals surface area contributed by atoms with Gasteiger partial charge in [-0.15, -0.1) is 0 Å². The van der Waals surface area contributed by atoms with E-state index in [1.165, 1.54) is 0 Å². The number of nitrogens with zero attached hydrogens (tertiary/aromatic N) is 1. The minimum absolute atomic E-state index is 0.107. The molecule has 0 spiro atoms. The van der Waals surface area contributed by atoms with Crippen molar-refractivity contribution in [1.82, 2.24) is 10.2 Å². The Labute approximate surface area is 106 Å². The van der Waals surface area contributed by atoms with Gasteiger partial charge in [-0.2, -0.15) is 0 Å². The lowest BCUT2D eigenvalue weighted by Crippen LogP contribution is -2.38. The van der Waals surface area contributed by atoms with E-state index in [1.54, 1.807) is 0 Å². The number of ether oxygens (including phenoxy) is 1. The van der Waals surface area contributed by atoms with Gasteiger partial charge in [-0.25, -0.2) is 0 Å². The molecule has 1 saturated carbocycles. The Morgan fingerprint density at radius 3 is 2.61 bits per heavy atom. The molecule has 2 atom stereocenters. The molecule has 2 fully saturated rings. The summed E-state index contributed by atoms with van der Waals surface area (Å²) in [5.74, 6) is -1.72. The zero-order valence-electron chi connectivity index (χ0n) is 10.4. The second-order valence-electron chi connectivity index (χ2n) is 4.89. The first-order chi connectivity index (χ1) is 8.68. The van der Waals surface area contributed by atoms with Crippen LogP contribution < -0.4 is 5.32 Å². The van der Waals surface area contributed by atoms with Gasteiger partial charge in [-0.1, -0.05) is 0 Å². The smallest absolute Gasteiger partial charge is 0.307 e. The maximum Gasteiger partial charge on any atom is 0.307 e. The standard InChI is InChI=1S/C12H20N2O4/c15-11(9-8-10(9)12(16)17)13-2-1-3-14-4-6-18-7-5-14/h9-10H,1-8H2,(H,13,15)(H,16,17). The molecule has 2 aliphatic rings. The van der Waals surface area contributed by atoms with Crippen molar-refractivity contribution < 1.29 is 19.4 Å². The zero-order valence-corrected chi connectivity index (χ0v) is 10.4. The van der Waals surface area contributed by atoms with Crippen LogP contribution in [-0.2, 0) is 14.3 Å². The highest BCUT2D eigenvalue weighted by molar-refractivity contribution is 5.89. The van der Waals surface area contributed by atoms with Gasteiger partial charge in [0.15, 0.2) is 0 Å². The molecular formula is C12H20N2O4. The summed E-state index contributed by atoms with van der Waals surface area (Å²) in [5, 5.41) is 11.5. The number of nitrogens with one attached hydrogen (secondary N) is 1. The SMILES string of the molecule is O=C(O)C1CC1C(=O)NCCCN1CCOCC1. The lowest BCUT2D eigenvalue weighted by atomic mass is 10.3. The van der Waals surface area contributed by atoms with Crippen molar-refractivity contribution in [2.45, 2.75) is 12.8 Å². The number of hydrogen-bond donors (Lipinski definition) is 2. The minimum atomic E-state index is -0.858. The molecule has 1 heterocycles. The van der Waals surface area contributed by atoms with Gasteiger partial charge >= 0.3 is 5.97 Å². The average molecular weight is 256 g/mol. The highest BCUT2D eigenvalue weighted by Crippen LogP contribution is 2.38. The van der Waals surface area contributed by atoms with Crippen LogP contribution in [0, 0.1) is 11.8 Å². The van der Waals surface area contributed by atoms with E-state index in [1.807, 2.05) is 0 Å². The topological polar surface area (TPSA) is 78.9 Å². The predicted molar refractivity (Wildman–Crippen MR) is 64.1 cm³/mol. The summed E-state index contributed by atoms with van der Waals surface area (Å²) in [7, 11) is 0. The van der Waals surface area contributed by atoms with Gasteiger partial charge in [-0.3, -0.25) is 14.5 Å². The Hall–Kier alpha value is -1.14. The van der Waals surface area contributed by atoms with Crippen LogP contribution in [0.3, 0.4) is 0 Å². The molecule has 0 aromatic rings. The van der Waals surface area contributed by atoms with E-state index in [0.29, 0.717) is 13.0 Å². The van der Waals surface area contributed by atoms with Gasteiger partial charge in [0.1, 0.15) is 0 Å². The number of carboxylic acid groups (broad SMARTS) is 1. The molecule has 0 bridgehead atoms. The van der Waals surface area contributed by atoms with Gasteiger partial charge in [-0.05, 0) is 19.4 Å². The van der Waals surface area contributed by atoms with E-state index < -0.39 is 11.9 Å². The highest BCUT2D eigenvalue weighted by atomic mass is 16.5. The van der Waals surface area contributed by atoms with Gasteiger partial charge in [0.2, 0.25) is 5.91 Å². The quantitative estimate of drug-likeness (QED) is 0.629. The summed E-state index contributed by atoms with van der Waals surface area (Å²) in [6.07, 6.45) is 1.39. The molecule has 102 valence electrons. The molecule has 1 amide bonds. The normalized spacial score (nSPS) is 27.8. The van der Waals surface area contributed by atoms with Crippen LogP contribution in [0.2, 0.25) is 0 Å². The molecule has 2 unspecified atom stereocenters. The van der Waals surface area contributed by atoms with E-state index in [4.69, 9.17) is 9.84 Å². The van der Waals surface area contributed by atoms with Crippen molar-refractivity contribution in [2.75, 3.05) is 39.4 Å². The largest absolute Gasteiger partial charge is 0.481 e. The molecule has 1 aliphatic heterocycles. The molecule has 2 rings (SSSR count). The highest BCUT2D eigenvalue weighted by Gasteiger charge is 2.48. The van der Waals surface area contributed by atoms with Crippen LogP contribution in [0.5, 0.6) is 0 Å². The first-order valence-corrected chi connectivity index (χ1v) is 6.49. The van der Waals surface area contributed by atoms with E-state index in [-0.39, 0.29) is 11.8 Å². The zero-order chi connectivity index (χ0) is 13.0. The monoisotopic (exact) mass is 256 g/mol. The van der Waals surface area contributed by atoms with Gasteiger partial charge in [0.25, 0.3) is 0 Å². The second kappa shape index (κ2) is 6.15. The van der Waals surface area contributed by atoms with E-state index in [0.717, 1.165) is 39.3 Å². The van der Waals surface area contributed by atoms with Crippen LogP contribution in [0.15, 0.2) is 0 Å². The maximum atomic E-state index is 11.6. The third-order valence-electron chi connectivity index (χ3n) is 3.50. The van der Waals surface area contributed by atoms with Gasteiger partial charge < -0.3 is 15.2 Å². The van der Waals surface area contributed by atoms with Crippen LogP contribution >= 0.6 is 0 Å². The van der Waals surface area contributed by atoms with E-state index in [2.05, 4.69) is 10.2 Å². The summed E-state index contributed by atoms with van der Waals surface area (Å²) < 4.78 is 5.25. The van der Waals surface area contributed by atoms with Gasteiger partial charge in [0, 0.05) is 19.6 Å². The van der Waals surface area contributed by atoms with Crippen molar-refractivity contribution in [2.24, 2.45) is 11.8 Å². The van der Waals surface area contributed by atoms with E-state index in [9.17, 15) is 9.59 Å². The summed E-state index contributed by atoms with van der Waals surface area (Å²) in [6.45, 7) is 5.06. The van der Waals surface area contributed by atoms with Crippen LogP contribution in [0.25, 0.3) is 0 Å². The number of rotatable bonds is 6. The maximum absolute atomic E-state index is 11.6. The van der Waals surface area contributed by atoms with Crippen molar-refractivity contribution in [3.63, 3.8) is 0 Å². The molecule has 6 nitrogen and oxygen atoms in total. The van der Waals surface area contributed by atoms with Crippen LogP contribution in [0.4, 0.5) is 0 Å². The third kappa shape index (κ3) is 3.68. The predicted octanol–water partition coefficient (Wildman–Crippen LogP) is -0.454. The Morgan fingerprint density at radius 2 is 2.00 bits per heavy atom. The van der Waals surface area contributed by atoms with Crippen molar-refractivity contribution in [1.29, 1.82) is 0 Å².